The number of hydrogen-bond acceptors (Lipinski definition) is 5. The summed E-state index contributed by atoms with van der Waals surface area (Å²) in [5.74, 6) is -1.37. The molecule has 1 unspecified atom stereocenters. The summed E-state index contributed by atoms with van der Waals surface area (Å²) in [6.07, 6.45) is 0. The number of amides is 1. The molecule has 19 heavy (non-hydrogen) atoms. The number of rotatable bonds is 6. The first-order valence-electron chi connectivity index (χ1n) is 5.46. The van der Waals surface area contributed by atoms with Crippen LogP contribution in [0.3, 0.4) is 0 Å². The number of methoxy groups -OCH3 is 2. The van der Waals surface area contributed by atoms with E-state index in [4.69, 9.17) is 20.3 Å². The van der Waals surface area contributed by atoms with E-state index in [1.807, 2.05) is 0 Å². The molecule has 0 fully saturated rings. The van der Waals surface area contributed by atoms with E-state index in [9.17, 15) is 9.59 Å². The average molecular weight is 268 g/mol. The lowest BCUT2D eigenvalue weighted by Crippen LogP contribution is -2.39. The highest BCUT2D eigenvalue weighted by atomic mass is 16.5. The molecule has 1 amide bonds. The number of nitrogens with one attached hydrogen (secondary N) is 1. The minimum atomic E-state index is -1.11. The van der Waals surface area contributed by atoms with Crippen LogP contribution in [0.4, 0.5) is 5.69 Å². The Balaban J connectivity index is 2.86. The molecule has 0 radical (unpaired) electrons. The van der Waals surface area contributed by atoms with Gasteiger partial charge in [-0.15, -0.1) is 0 Å². The maximum Gasteiger partial charge on any atom is 0.339 e. The van der Waals surface area contributed by atoms with Gasteiger partial charge in [0.15, 0.2) is 0 Å². The van der Waals surface area contributed by atoms with Crippen molar-refractivity contribution >= 4 is 17.6 Å². The van der Waals surface area contributed by atoms with E-state index in [1.54, 1.807) is 0 Å². The maximum atomic E-state index is 11.6. The summed E-state index contributed by atoms with van der Waals surface area (Å²) in [6, 6.07) is 3.43. The zero-order chi connectivity index (χ0) is 14.4. The van der Waals surface area contributed by atoms with Gasteiger partial charge in [0.05, 0.1) is 13.7 Å². The third-order valence-electron chi connectivity index (χ3n) is 2.38. The summed E-state index contributed by atoms with van der Waals surface area (Å²) in [5.41, 5.74) is 5.98. The van der Waals surface area contributed by atoms with E-state index in [1.165, 1.54) is 32.4 Å². The van der Waals surface area contributed by atoms with Gasteiger partial charge in [0.1, 0.15) is 17.4 Å². The molecule has 0 aliphatic heterocycles. The molecule has 7 heteroatoms. The van der Waals surface area contributed by atoms with Crippen LogP contribution in [0.2, 0.25) is 0 Å². The molecule has 0 saturated heterocycles. The SMILES string of the molecule is COCC(N)C(=O)Nc1ccc(C(=O)O)c(OC)c1. The van der Waals surface area contributed by atoms with Crippen molar-refractivity contribution in [2.24, 2.45) is 5.73 Å². The first kappa shape index (κ1) is 14.9. The second-order valence-electron chi connectivity index (χ2n) is 3.77. The van der Waals surface area contributed by atoms with Gasteiger partial charge in [-0.3, -0.25) is 4.79 Å². The molecule has 0 bridgehead atoms. The maximum absolute atomic E-state index is 11.6. The Hall–Kier alpha value is -2.12. The Kier molecular flexibility index (Phi) is 5.28. The van der Waals surface area contributed by atoms with Gasteiger partial charge in [-0.05, 0) is 12.1 Å². The standard InChI is InChI=1S/C12H16N2O5/c1-18-6-9(13)11(15)14-7-3-4-8(12(16)17)10(5-7)19-2/h3-5,9H,6,13H2,1-2H3,(H,14,15)(H,16,17). The third-order valence-corrected chi connectivity index (χ3v) is 2.38. The molecule has 1 aromatic rings. The summed E-state index contributed by atoms with van der Waals surface area (Å²) >= 11 is 0. The fourth-order valence-corrected chi connectivity index (χ4v) is 1.44. The van der Waals surface area contributed by atoms with Gasteiger partial charge in [-0.1, -0.05) is 0 Å². The van der Waals surface area contributed by atoms with Crippen molar-refractivity contribution in [3.8, 4) is 5.75 Å². The summed E-state index contributed by atoms with van der Waals surface area (Å²) in [4.78, 5) is 22.6. The van der Waals surface area contributed by atoms with E-state index in [-0.39, 0.29) is 17.9 Å². The van der Waals surface area contributed by atoms with Crippen LogP contribution in [0.15, 0.2) is 18.2 Å². The van der Waals surface area contributed by atoms with Crippen molar-refractivity contribution in [3.63, 3.8) is 0 Å². The van der Waals surface area contributed by atoms with Crippen molar-refractivity contribution in [1.82, 2.24) is 0 Å². The van der Waals surface area contributed by atoms with Gasteiger partial charge in [0.2, 0.25) is 5.91 Å². The summed E-state index contributed by atoms with van der Waals surface area (Å²) < 4.78 is 9.72. The molecular formula is C12H16N2O5. The molecule has 0 aliphatic carbocycles. The fourth-order valence-electron chi connectivity index (χ4n) is 1.44. The quantitative estimate of drug-likeness (QED) is 0.684. The first-order chi connectivity index (χ1) is 8.99. The monoisotopic (exact) mass is 268 g/mol. The number of carbonyl (C=O) groups is 2. The number of carboxylic acid groups (broad SMARTS) is 1. The van der Waals surface area contributed by atoms with Gasteiger partial charge >= 0.3 is 5.97 Å². The van der Waals surface area contributed by atoms with Crippen molar-refractivity contribution in [2.75, 3.05) is 26.1 Å². The fraction of sp³-hybridized carbons (Fsp3) is 0.333. The zero-order valence-electron chi connectivity index (χ0n) is 10.7. The average Bonchev–Trinajstić information content (AvgIpc) is 2.38. The number of hydrogen-bond donors (Lipinski definition) is 3. The van der Waals surface area contributed by atoms with E-state index < -0.39 is 17.9 Å². The minimum Gasteiger partial charge on any atom is -0.496 e. The molecule has 1 aromatic carbocycles. The minimum absolute atomic E-state index is 0.0155. The molecule has 0 spiro atoms. The molecule has 104 valence electrons. The lowest BCUT2D eigenvalue weighted by Gasteiger charge is -2.12. The van der Waals surface area contributed by atoms with Gasteiger partial charge in [0.25, 0.3) is 0 Å². The zero-order valence-corrected chi connectivity index (χ0v) is 10.7. The highest BCUT2D eigenvalue weighted by molar-refractivity contribution is 5.96. The van der Waals surface area contributed by atoms with E-state index >= 15 is 0 Å². The Morgan fingerprint density at radius 2 is 2.11 bits per heavy atom. The lowest BCUT2D eigenvalue weighted by molar-refractivity contribution is -0.118. The van der Waals surface area contributed by atoms with Crippen LogP contribution in [0.1, 0.15) is 10.4 Å². The lowest BCUT2D eigenvalue weighted by atomic mass is 10.1. The third kappa shape index (κ3) is 3.94. The number of carbonyl (C=O) groups excluding carboxylic acids is 1. The largest absolute Gasteiger partial charge is 0.496 e. The van der Waals surface area contributed by atoms with Crippen LogP contribution in [0, 0.1) is 0 Å². The molecule has 7 nitrogen and oxygen atoms in total. The molecular weight excluding hydrogens is 252 g/mol. The highest BCUT2D eigenvalue weighted by Crippen LogP contribution is 2.23. The number of ether oxygens (including phenoxy) is 2. The predicted molar refractivity (Wildman–Crippen MR) is 68.4 cm³/mol. The van der Waals surface area contributed by atoms with Crippen LogP contribution < -0.4 is 15.8 Å². The van der Waals surface area contributed by atoms with Crippen LogP contribution in [0.25, 0.3) is 0 Å². The number of anilines is 1. The van der Waals surface area contributed by atoms with Crippen molar-refractivity contribution in [2.45, 2.75) is 6.04 Å². The summed E-state index contributed by atoms with van der Waals surface area (Å²) in [5, 5.41) is 11.5. The topological polar surface area (TPSA) is 111 Å². The molecule has 0 aromatic heterocycles. The number of carboxylic acids is 1. The Morgan fingerprint density at radius 3 is 2.63 bits per heavy atom. The van der Waals surface area contributed by atoms with Gasteiger partial charge in [-0.2, -0.15) is 0 Å². The Labute approximate surface area is 110 Å². The van der Waals surface area contributed by atoms with Crippen molar-refractivity contribution < 1.29 is 24.2 Å². The van der Waals surface area contributed by atoms with E-state index in [0.29, 0.717) is 5.69 Å². The van der Waals surface area contributed by atoms with Crippen molar-refractivity contribution in [3.05, 3.63) is 23.8 Å². The molecule has 1 rings (SSSR count). The molecule has 4 N–H and O–H groups in total. The Morgan fingerprint density at radius 1 is 1.42 bits per heavy atom. The summed E-state index contributed by atoms with van der Waals surface area (Å²) in [6.45, 7) is 0.0934. The Bertz CT molecular complexity index is 475. The second-order valence-corrected chi connectivity index (χ2v) is 3.77. The number of benzene rings is 1. The van der Waals surface area contributed by atoms with Gasteiger partial charge < -0.3 is 25.6 Å². The summed E-state index contributed by atoms with van der Waals surface area (Å²) in [7, 11) is 2.79. The normalized spacial score (nSPS) is 11.7. The second kappa shape index (κ2) is 6.72. The molecule has 0 aliphatic rings. The van der Waals surface area contributed by atoms with Gasteiger partial charge in [0, 0.05) is 18.9 Å². The van der Waals surface area contributed by atoms with Crippen LogP contribution in [-0.4, -0.2) is 43.9 Å². The van der Waals surface area contributed by atoms with E-state index in [0.717, 1.165) is 0 Å². The van der Waals surface area contributed by atoms with Crippen LogP contribution >= 0.6 is 0 Å². The van der Waals surface area contributed by atoms with Crippen LogP contribution in [-0.2, 0) is 9.53 Å². The predicted octanol–water partition coefficient (Wildman–Crippen LogP) is 0.306. The number of nitrogens with two attached hydrogens (primary N) is 1. The number of aromatic carboxylic acids is 1. The van der Waals surface area contributed by atoms with Gasteiger partial charge in [-0.25, -0.2) is 4.79 Å². The van der Waals surface area contributed by atoms with Crippen LogP contribution in [0.5, 0.6) is 5.75 Å². The van der Waals surface area contributed by atoms with E-state index in [2.05, 4.69) is 5.32 Å². The molecule has 0 saturated carbocycles. The smallest absolute Gasteiger partial charge is 0.339 e. The highest BCUT2D eigenvalue weighted by Gasteiger charge is 2.15. The molecule has 1 atom stereocenters. The van der Waals surface area contributed by atoms with Crippen molar-refractivity contribution in [1.29, 1.82) is 0 Å². The molecule has 0 heterocycles. The first-order valence-corrected chi connectivity index (χ1v) is 5.46.